The zero-order chi connectivity index (χ0) is 10.8. The Balaban J connectivity index is 2.78. The number of rotatable bonds is 3. The van der Waals surface area contributed by atoms with Crippen LogP contribution < -0.4 is 5.32 Å². The molecule has 0 atom stereocenters. The molecule has 6 nitrogen and oxygen atoms in total. The van der Waals surface area contributed by atoms with E-state index in [1.807, 2.05) is 0 Å². The van der Waals surface area contributed by atoms with Crippen LogP contribution in [0.2, 0.25) is 0 Å². The van der Waals surface area contributed by atoms with Crippen molar-refractivity contribution in [3.63, 3.8) is 0 Å². The molecule has 0 aromatic carbocycles. The van der Waals surface area contributed by atoms with Crippen LogP contribution in [0.25, 0.3) is 0 Å². The van der Waals surface area contributed by atoms with Crippen LogP contribution in [0.1, 0.15) is 11.5 Å². The highest BCUT2D eigenvalue weighted by molar-refractivity contribution is 7.85. The van der Waals surface area contributed by atoms with Crippen molar-refractivity contribution in [1.29, 1.82) is 0 Å². The summed E-state index contributed by atoms with van der Waals surface area (Å²) in [6.07, 6.45) is 0. The Hall–Kier alpha value is -1.21. The Bertz CT molecular complexity index is 410. The molecule has 1 aromatic heterocycles. The molecule has 7 heteroatoms. The summed E-state index contributed by atoms with van der Waals surface area (Å²) in [7, 11) is -4.02. The van der Waals surface area contributed by atoms with Crippen molar-refractivity contribution in [3.8, 4) is 0 Å². The molecule has 0 aliphatic heterocycles. The number of hydrogen-bond donors (Lipinski definition) is 2. The number of anilines is 1. The van der Waals surface area contributed by atoms with E-state index < -0.39 is 16.0 Å². The Morgan fingerprint density at radius 3 is 2.57 bits per heavy atom. The summed E-state index contributed by atoms with van der Waals surface area (Å²) < 4.78 is 29.3. The zero-order valence-corrected chi connectivity index (χ0v) is 8.67. The highest BCUT2D eigenvalue weighted by atomic mass is 32.2. The SMILES string of the molecule is Cc1cc(NCS(=O)(=O)O)nc(C)n1. The van der Waals surface area contributed by atoms with Crippen molar-refractivity contribution in [1.82, 2.24) is 9.97 Å². The summed E-state index contributed by atoms with van der Waals surface area (Å²) in [5, 5.41) is 2.48. The first-order chi connectivity index (χ1) is 6.37. The van der Waals surface area contributed by atoms with Crippen LogP contribution >= 0.6 is 0 Å². The fraction of sp³-hybridized carbons (Fsp3) is 0.429. The van der Waals surface area contributed by atoms with Crippen molar-refractivity contribution < 1.29 is 13.0 Å². The van der Waals surface area contributed by atoms with Crippen LogP contribution in [0.3, 0.4) is 0 Å². The lowest BCUT2D eigenvalue weighted by atomic mass is 10.4. The van der Waals surface area contributed by atoms with Crippen LogP contribution in [0.5, 0.6) is 0 Å². The second kappa shape index (κ2) is 3.89. The molecule has 0 aliphatic carbocycles. The lowest BCUT2D eigenvalue weighted by molar-refractivity contribution is 0.485. The van der Waals surface area contributed by atoms with Gasteiger partial charge < -0.3 is 5.32 Å². The monoisotopic (exact) mass is 217 g/mol. The summed E-state index contributed by atoms with van der Waals surface area (Å²) in [4.78, 5) is 7.95. The normalized spacial score (nSPS) is 11.4. The highest BCUT2D eigenvalue weighted by Gasteiger charge is 2.05. The summed E-state index contributed by atoms with van der Waals surface area (Å²) in [6, 6.07) is 1.60. The predicted molar refractivity (Wildman–Crippen MR) is 51.5 cm³/mol. The largest absolute Gasteiger partial charge is 0.354 e. The molecule has 78 valence electrons. The van der Waals surface area contributed by atoms with Crippen LogP contribution in [-0.4, -0.2) is 28.8 Å². The fourth-order valence-electron chi connectivity index (χ4n) is 0.973. The maximum absolute atomic E-state index is 10.4. The van der Waals surface area contributed by atoms with E-state index in [4.69, 9.17) is 4.55 Å². The smallest absolute Gasteiger partial charge is 0.283 e. The van der Waals surface area contributed by atoms with Gasteiger partial charge in [0.2, 0.25) is 0 Å². The number of nitrogens with one attached hydrogen (secondary N) is 1. The first-order valence-corrected chi connectivity index (χ1v) is 5.49. The van der Waals surface area contributed by atoms with Crippen LogP contribution in [0, 0.1) is 13.8 Å². The molecular formula is C7H11N3O3S. The highest BCUT2D eigenvalue weighted by Crippen LogP contribution is 2.05. The third-order valence-corrected chi connectivity index (χ3v) is 1.91. The third kappa shape index (κ3) is 3.67. The van der Waals surface area contributed by atoms with E-state index in [9.17, 15) is 8.42 Å². The van der Waals surface area contributed by atoms with Gasteiger partial charge >= 0.3 is 0 Å². The molecular weight excluding hydrogens is 206 g/mol. The van der Waals surface area contributed by atoms with Crippen molar-refractivity contribution in [3.05, 3.63) is 17.6 Å². The molecule has 0 saturated heterocycles. The van der Waals surface area contributed by atoms with Gasteiger partial charge in [0.25, 0.3) is 10.1 Å². The van der Waals surface area contributed by atoms with Gasteiger partial charge in [0, 0.05) is 11.8 Å². The number of nitrogens with zero attached hydrogens (tertiary/aromatic N) is 2. The quantitative estimate of drug-likeness (QED) is 0.710. The summed E-state index contributed by atoms with van der Waals surface area (Å²) in [5.41, 5.74) is 0.732. The second-order valence-corrected chi connectivity index (χ2v) is 4.30. The minimum Gasteiger partial charge on any atom is -0.354 e. The summed E-state index contributed by atoms with van der Waals surface area (Å²) in [6.45, 7) is 3.47. The van der Waals surface area contributed by atoms with Crippen LogP contribution in [0.4, 0.5) is 5.82 Å². The van der Waals surface area contributed by atoms with Gasteiger partial charge in [0.1, 0.15) is 17.5 Å². The molecule has 0 bridgehead atoms. The maximum atomic E-state index is 10.4. The Morgan fingerprint density at radius 2 is 2.07 bits per heavy atom. The minimum atomic E-state index is -4.02. The van der Waals surface area contributed by atoms with E-state index in [1.165, 1.54) is 0 Å². The lowest BCUT2D eigenvalue weighted by Crippen LogP contribution is -2.14. The molecule has 0 amide bonds. The standard InChI is InChI=1S/C7H11N3O3S/c1-5-3-7(10-6(2)9-5)8-4-14(11,12)13/h3H,4H2,1-2H3,(H,8,9,10)(H,11,12,13). The lowest BCUT2D eigenvalue weighted by Gasteiger charge is -2.04. The van der Waals surface area contributed by atoms with E-state index in [1.54, 1.807) is 19.9 Å². The van der Waals surface area contributed by atoms with Gasteiger partial charge in [0.05, 0.1) is 0 Å². The van der Waals surface area contributed by atoms with Gasteiger partial charge in [-0.3, -0.25) is 4.55 Å². The first-order valence-electron chi connectivity index (χ1n) is 3.88. The molecule has 0 spiro atoms. The van der Waals surface area contributed by atoms with Gasteiger partial charge in [-0.1, -0.05) is 0 Å². The second-order valence-electron chi connectivity index (χ2n) is 2.84. The molecule has 14 heavy (non-hydrogen) atoms. The number of aromatic nitrogens is 2. The Kier molecular flexibility index (Phi) is 3.02. The molecule has 0 aliphatic rings. The van der Waals surface area contributed by atoms with Gasteiger partial charge in [-0.05, 0) is 13.8 Å². The van der Waals surface area contributed by atoms with E-state index in [-0.39, 0.29) is 0 Å². The van der Waals surface area contributed by atoms with Crippen molar-refractivity contribution >= 4 is 15.9 Å². The average molecular weight is 217 g/mol. The minimum absolute atomic E-state index is 0.382. The summed E-state index contributed by atoms with van der Waals surface area (Å²) in [5.74, 6) is 0.374. The maximum Gasteiger partial charge on any atom is 0.283 e. The number of aryl methyl sites for hydroxylation is 2. The Morgan fingerprint density at radius 1 is 1.43 bits per heavy atom. The van der Waals surface area contributed by atoms with E-state index in [0.29, 0.717) is 11.6 Å². The van der Waals surface area contributed by atoms with E-state index in [0.717, 1.165) is 5.69 Å². The Labute approximate surface area is 82.1 Å². The predicted octanol–water partition coefficient (Wildman–Crippen LogP) is 0.351. The van der Waals surface area contributed by atoms with Crippen LogP contribution in [-0.2, 0) is 10.1 Å². The number of hydrogen-bond acceptors (Lipinski definition) is 5. The average Bonchev–Trinajstić information content (AvgIpc) is 1.97. The topological polar surface area (TPSA) is 92.2 Å². The molecule has 0 unspecified atom stereocenters. The molecule has 1 heterocycles. The molecule has 0 fully saturated rings. The summed E-state index contributed by atoms with van der Waals surface area (Å²) >= 11 is 0. The van der Waals surface area contributed by atoms with Gasteiger partial charge in [0.15, 0.2) is 0 Å². The fourth-order valence-corrected chi connectivity index (χ4v) is 1.30. The molecule has 0 radical (unpaired) electrons. The van der Waals surface area contributed by atoms with Crippen molar-refractivity contribution in [2.45, 2.75) is 13.8 Å². The third-order valence-electron chi connectivity index (χ3n) is 1.40. The van der Waals surface area contributed by atoms with Gasteiger partial charge in [-0.15, -0.1) is 0 Å². The molecule has 1 rings (SSSR count). The van der Waals surface area contributed by atoms with Gasteiger partial charge in [-0.25, -0.2) is 9.97 Å². The van der Waals surface area contributed by atoms with E-state index in [2.05, 4.69) is 15.3 Å². The van der Waals surface area contributed by atoms with E-state index >= 15 is 0 Å². The molecule has 1 aromatic rings. The molecule has 0 saturated carbocycles. The first kappa shape index (κ1) is 10.9. The van der Waals surface area contributed by atoms with Crippen molar-refractivity contribution in [2.24, 2.45) is 0 Å². The van der Waals surface area contributed by atoms with Crippen molar-refractivity contribution in [2.75, 3.05) is 11.2 Å². The van der Waals surface area contributed by atoms with Gasteiger partial charge in [-0.2, -0.15) is 8.42 Å². The molecule has 2 N–H and O–H groups in total. The van der Waals surface area contributed by atoms with Crippen LogP contribution in [0.15, 0.2) is 6.07 Å². The zero-order valence-electron chi connectivity index (χ0n) is 7.85.